The van der Waals surface area contributed by atoms with Crippen LogP contribution in [0.3, 0.4) is 0 Å². The van der Waals surface area contributed by atoms with Crippen molar-refractivity contribution in [1.29, 1.82) is 0 Å². The second kappa shape index (κ2) is 8.25. The van der Waals surface area contributed by atoms with Gasteiger partial charge >= 0.3 is 5.97 Å². The Morgan fingerprint density at radius 2 is 2.41 bits per heavy atom. The Balaban J connectivity index is 2.30. The van der Waals surface area contributed by atoms with E-state index in [1.807, 2.05) is 0 Å². The molecule has 0 spiro atoms. The maximum atomic E-state index is 11.5. The molecule has 1 atom stereocenters. The molecule has 17 heavy (non-hydrogen) atoms. The molecule has 0 fully saturated rings. The van der Waals surface area contributed by atoms with Gasteiger partial charge in [0, 0.05) is 11.4 Å². The second-order valence-electron chi connectivity index (χ2n) is 4.00. The van der Waals surface area contributed by atoms with Gasteiger partial charge in [-0.05, 0) is 24.3 Å². The molecule has 1 aromatic rings. The van der Waals surface area contributed by atoms with Crippen LogP contribution in [0.1, 0.15) is 31.1 Å². The summed E-state index contributed by atoms with van der Waals surface area (Å²) in [4.78, 5) is 12.9. The molecule has 0 amide bonds. The largest absolute Gasteiger partial charge is 0.468 e. The Bertz CT molecular complexity index is 311. The van der Waals surface area contributed by atoms with Gasteiger partial charge in [-0.25, -0.2) is 0 Å². The van der Waals surface area contributed by atoms with E-state index >= 15 is 0 Å². The molecule has 0 bridgehead atoms. The van der Waals surface area contributed by atoms with Gasteiger partial charge in [-0.3, -0.25) is 4.79 Å². The lowest BCUT2D eigenvalue weighted by molar-refractivity contribution is -0.143. The maximum absolute atomic E-state index is 11.5. The third-order valence-electron chi connectivity index (χ3n) is 2.67. The highest BCUT2D eigenvalue weighted by Crippen LogP contribution is 2.09. The average Bonchev–Trinajstić information content (AvgIpc) is 2.85. The van der Waals surface area contributed by atoms with Gasteiger partial charge in [-0.1, -0.05) is 25.8 Å². The molecule has 0 aromatic carbocycles. The number of rotatable bonds is 8. The minimum atomic E-state index is -0.153. The molecule has 1 N–H and O–H groups in total. The molecule has 0 saturated carbocycles. The normalized spacial score (nSPS) is 12.4. The van der Waals surface area contributed by atoms with Crippen molar-refractivity contribution in [1.82, 2.24) is 5.32 Å². The lowest BCUT2D eigenvalue weighted by Crippen LogP contribution is -2.38. The Labute approximate surface area is 107 Å². The number of carbonyl (C=O) groups is 1. The number of ether oxygens (including phenoxy) is 1. The van der Waals surface area contributed by atoms with Crippen LogP contribution in [-0.4, -0.2) is 25.7 Å². The number of esters is 1. The Hall–Kier alpha value is -0.870. The third kappa shape index (κ3) is 5.33. The van der Waals surface area contributed by atoms with Crippen LogP contribution in [0, 0.1) is 0 Å². The SMILES string of the molecule is CCCCC(NCCc1cccs1)C(=O)OC. The summed E-state index contributed by atoms with van der Waals surface area (Å²) in [6.45, 7) is 2.95. The molecule has 96 valence electrons. The number of hydrogen-bond acceptors (Lipinski definition) is 4. The average molecular weight is 255 g/mol. The standard InChI is InChI=1S/C13H21NO2S/c1-3-4-7-12(13(15)16-2)14-9-8-11-6-5-10-17-11/h5-6,10,12,14H,3-4,7-9H2,1-2H3. The van der Waals surface area contributed by atoms with Gasteiger partial charge in [-0.15, -0.1) is 11.3 Å². The molecule has 1 aromatic heterocycles. The van der Waals surface area contributed by atoms with E-state index < -0.39 is 0 Å². The van der Waals surface area contributed by atoms with E-state index in [1.165, 1.54) is 12.0 Å². The van der Waals surface area contributed by atoms with E-state index in [1.54, 1.807) is 11.3 Å². The fraction of sp³-hybridized carbons (Fsp3) is 0.615. The Kier molecular flexibility index (Phi) is 6.89. The van der Waals surface area contributed by atoms with Crippen molar-refractivity contribution in [2.24, 2.45) is 0 Å². The van der Waals surface area contributed by atoms with Crippen molar-refractivity contribution in [3.05, 3.63) is 22.4 Å². The fourth-order valence-electron chi connectivity index (χ4n) is 1.68. The highest BCUT2D eigenvalue weighted by atomic mass is 32.1. The predicted octanol–water partition coefficient (Wildman–Crippen LogP) is 2.61. The summed E-state index contributed by atoms with van der Waals surface area (Å²) in [5.41, 5.74) is 0. The molecule has 4 heteroatoms. The summed E-state index contributed by atoms with van der Waals surface area (Å²) < 4.78 is 4.80. The van der Waals surface area contributed by atoms with Crippen molar-refractivity contribution in [3.8, 4) is 0 Å². The van der Waals surface area contributed by atoms with Gasteiger partial charge in [0.15, 0.2) is 0 Å². The van der Waals surface area contributed by atoms with Crippen LogP contribution in [0.25, 0.3) is 0 Å². The lowest BCUT2D eigenvalue weighted by atomic mass is 10.1. The van der Waals surface area contributed by atoms with Gasteiger partial charge < -0.3 is 10.1 Å². The van der Waals surface area contributed by atoms with E-state index in [0.29, 0.717) is 0 Å². The molecule has 0 aliphatic carbocycles. The maximum Gasteiger partial charge on any atom is 0.322 e. The predicted molar refractivity (Wildman–Crippen MR) is 71.4 cm³/mol. The van der Waals surface area contributed by atoms with Gasteiger partial charge in [-0.2, -0.15) is 0 Å². The quantitative estimate of drug-likeness (QED) is 0.726. The van der Waals surface area contributed by atoms with Crippen LogP contribution < -0.4 is 5.32 Å². The zero-order chi connectivity index (χ0) is 12.5. The number of carbonyl (C=O) groups excluding carboxylic acids is 1. The number of nitrogens with one attached hydrogen (secondary N) is 1. The molecule has 1 heterocycles. The zero-order valence-corrected chi connectivity index (χ0v) is 11.4. The summed E-state index contributed by atoms with van der Waals surface area (Å²) in [5, 5.41) is 5.35. The minimum absolute atomic E-state index is 0.148. The number of methoxy groups -OCH3 is 1. The number of unbranched alkanes of at least 4 members (excludes halogenated alkanes) is 1. The highest BCUT2D eigenvalue weighted by molar-refractivity contribution is 7.09. The van der Waals surface area contributed by atoms with Crippen LogP contribution in [-0.2, 0) is 16.0 Å². The summed E-state index contributed by atoms with van der Waals surface area (Å²) >= 11 is 1.75. The second-order valence-corrected chi connectivity index (χ2v) is 5.03. The first-order chi connectivity index (χ1) is 8.27. The molecular weight excluding hydrogens is 234 g/mol. The van der Waals surface area contributed by atoms with Gasteiger partial charge in [0.05, 0.1) is 7.11 Å². The van der Waals surface area contributed by atoms with E-state index in [9.17, 15) is 4.79 Å². The van der Waals surface area contributed by atoms with Crippen LogP contribution >= 0.6 is 11.3 Å². The molecule has 0 aliphatic rings. The first kappa shape index (κ1) is 14.2. The van der Waals surface area contributed by atoms with Crippen molar-refractivity contribution in [2.45, 2.75) is 38.6 Å². The molecule has 1 rings (SSSR count). The Morgan fingerprint density at radius 3 is 3.00 bits per heavy atom. The smallest absolute Gasteiger partial charge is 0.322 e. The fourth-order valence-corrected chi connectivity index (χ4v) is 2.39. The van der Waals surface area contributed by atoms with Gasteiger partial charge in [0.1, 0.15) is 6.04 Å². The number of hydrogen-bond donors (Lipinski definition) is 1. The minimum Gasteiger partial charge on any atom is -0.468 e. The van der Waals surface area contributed by atoms with E-state index in [-0.39, 0.29) is 12.0 Å². The summed E-state index contributed by atoms with van der Waals surface area (Å²) in [6, 6.07) is 4.01. The summed E-state index contributed by atoms with van der Waals surface area (Å²) in [7, 11) is 1.45. The van der Waals surface area contributed by atoms with Crippen molar-refractivity contribution in [2.75, 3.05) is 13.7 Å². The van der Waals surface area contributed by atoms with E-state index in [4.69, 9.17) is 4.74 Å². The molecule has 0 radical (unpaired) electrons. The van der Waals surface area contributed by atoms with E-state index in [0.717, 1.165) is 32.2 Å². The summed E-state index contributed by atoms with van der Waals surface area (Å²) in [6.07, 6.45) is 3.97. The van der Waals surface area contributed by atoms with Crippen molar-refractivity contribution in [3.63, 3.8) is 0 Å². The highest BCUT2D eigenvalue weighted by Gasteiger charge is 2.17. The van der Waals surface area contributed by atoms with Gasteiger partial charge in [0.2, 0.25) is 0 Å². The summed E-state index contributed by atoms with van der Waals surface area (Å²) in [5.74, 6) is -0.148. The molecule has 1 unspecified atom stereocenters. The topological polar surface area (TPSA) is 38.3 Å². The number of thiophene rings is 1. The monoisotopic (exact) mass is 255 g/mol. The van der Waals surface area contributed by atoms with E-state index in [2.05, 4.69) is 29.8 Å². The van der Waals surface area contributed by atoms with Crippen LogP contribution in [0.4, 0.5) is 0 Å². The molecule has 0 aliphatic heterocycles. The van der Waals surface area contributed by atoms with Crippen LogP contribution in [0.2, 0.25) is 0 Å². The molecular formula is C13H21NO2S. The van der Waals surface area contributed by atoms with Crippen LogP contribution in [0.15, 0.2) is 17.5 Å². The van der Waals surface area contributed by atoms with Crippen molar-refractivity contribution >= 4 is 17.3 Å². The Morgan fingerprint density at radius 1 is 1.59 bits per heavy atom. The van der Waals surface area contributed by atoms with Gasteiger partial charge in [0.25, 0.3) is 0 Å². The molecule has 3 nitrogen and oxygen atoms in total. The van der Waals surface area contributed by atoms with Crippen molar-refractivity contribution < 1.29 is 9.53 Å². The first-order valence-electron chi connectivity index (χ1n) is 6.11. The zero-order valence-electron chi connectivity index (χ0n) is 10.6. The first-order valence-corrected chi connectivity index (χ1v) is 6.99. The lowest BCUT2D eigenvalue weighted by Gasteiger charge is -2.15. The van der Waals surface area contributed by atoms with Crippen LogP contribution in [0.5, 0.6) is 0 Å². The molecule has 0 saturated heterocycles. The third-order valence-corrected chi connectivity index (χ3v) is 3.61.